The SMILES string of the molecule is O=C(CCC1CCCO1)NCC(O)c1ccc(F)cc1. The molecule has 110 valence electrons. The van der Waals surface area contributed by atoms with Gasteiger partial charge in [0.05, 0.1) is 12.2 Å². The quantitative estimate of drug-likeness (QED) is 0.837. The molecular formula is C15H20FNO3. The average molecular weight is 281 g/mol. The van der Waals surface area contributed by atoms with Gasteiger partial charge in [0.1, 0.15) is 5.82 Å². The fourth-order valence-corrected chi connectivity index (χ4v) is 2.27. The van der Waals surface area contributed by atoms with Gasteiger partial charge in [-0.3, -0.25) is 4.79 Å². The Balaban J connectivity index is 1.68. The Hall–Kier alpha value is -1.46. The van der Waals surface area contributed by atoms with Crippen molar-refractivity contribution in [3.05, 3.63) is 35.6 Å². The van der Waals surface area contributed by atoms with Crippen molar-refractivity contribution in [2.24, 2.45) is 0 Å². The van der Waals surface area contributed by atoms with Crippen LogP contribution in [0.5, 0.6) is 0 Å². The lowest BCUT2D eigenvalue weighted by Crippen LogP contribution is -2.28. The lowest BCUT2D eigenvalue weighted by molar-refractivity contribution is -0.122. The predicted molar refractivity (Wildman–Crippen MR) is 72.6 cm³/mol. The molecule has 2 unspecified atom stereocenters. The van der Waals surface area contributed by atoms with Crippen molar-refractivity contribution in [2.75, 3.05) is 13.2 Å². The normalized spacial score (nSPS) is 19.8. The van der Waals surface area contributed by atoms with Crippen LogP contribution in [0.2, 0.25) is 0 Å². The molecule has 1 heterocycles. The van der Waals surface area contributed by atoms with Gasteiger partial charge in [-0.15, -0.1) is 0 Å². The van der Waals surface area contributed by atoms with Crippen LogP contribution in [0.3, 0.4) is 0 Å². The molecule has 1 amide bonds. The first-order valence-corrected chi connectivity index (χ1v) is 6.97. The van der Waals surface area contributed by atoms with Gasteiger partial charge in [0, 0.05) is 19.6 Å². The van der Waals surface area contributed by atoms with Crippen LogP contribution in [-0.4, -0.2) is 30.3 Å². The van der Waals surface area contributed by atoms with E-state index in [1.54, 1.807) is 0 Å². The number of hydrogen-bond donors (Lipinski definition) is 2. The first-order valence-electron chi connectivity index (χ1n) is 6.97. The Kier molecular flexibility index (Phi) is 5.49. The summed E-state index contributed by atoms with van der Waals surface area (Å²) in [7, 11) is 0. The van der Waals surface area contributed by atoms with Crippen LogP contribution in [0.1, 0.15) is 37.4 Å². The summed E-state index contributed by atoms with van der Waals surface area (Å²) < 4.78 is 18.2. The number of halogens is 1. The van der Waals surface area contributed by atoms with E-state index in [9.17, 15) is 14.3 Å². The zero-order chi connectivity index (χ0) is 14.4. The standard InChI is InChI=1S/C15H20FNO3/c16-12-5-3-11(4-6-12)14(18)10-17-15(19)8-7-13-2-1-9-20-13/h3-6,13-14,18H,1-2,7-10H2,(H,17,19). The lowest BCUT2D eigenvalue weighted by atomic mass is 10.1. The van der Waals surface area contributed by atoms with Crippen LogP contribution in [0, 0.1) is 5.82 Å². The van der Waals surface area contributed by atoms with Gasteiger partial charge in [-0.2, -0.15) is 0 Å². The first-order chi connectivity index (χ1) is 9.65. The summed E-state index contributed by atoms with van der Waals surface area (Å²) in [6.45, 7) is 0.922. The van der Waals surface area contributed by atoms with Gasteiger partial charge < -0.3 is 15.2 Å². The minimum Gasteiger partial charge on any atom is -0.387 e. The van der Waals surface area contributed by atoms with Gasteiger partial charge >= 0.3 is 0 Å². The number of carbonyl (C=O) groups is 1. The molecule has 0 spiro atoms. The van der Waals surface area contributed by atoms with E-state index in [4.69, 9.17) is 4.74 Å². The van der Waals surface area contributed by atoms with E-state index >= 15 is 0 Å². The molecule has 0 saturated carbocycles. The average Bonchev–Trinajstić information content (AvgIpc) is 2.96. The molecule has 20 heavy (non-hydrogen) atoms. The second-order valence-corrected chi connectivity index (χ2v) is 5.05. The molecule has 1 saturated heterocycles. The molecule has 1 fully saturated rings. The maximum absolute atomic E-state index is 12.7. The molecule has 0 radical (unpaired) electrons. The minimum absolute atomic E-state index is 0.0957. The molecule has 4 nitrogen and oxygen atoms in total. The third kappa shape index (κ3) is 4.58. The Morgan fingerprint density at radius 2 is 2.20 bits per heavy atom. The Morgan fingerprint density at radius 1 is 1.45 bits per heavy atom. The fourth-order valence-electron chi connectivity index (χ4n) is 2.27. The zero-order valence-corrected chi connectivity index (χ0v) is 11.3. The molecule has 5 heteroatoms. The Bertz CT molecular complexity index is 429. The number of aliphatic hydroxyl groups is 1. The van der Waals surface area contributed by atoms with Gasteiger partial charge in [-0.1, -0.05) is 12.1 Å². The molecule has 0 aromatic heterocycles. The maximum Gasteiger partial charge on any atom is 0.220 e. The summed E-state index contributed by atoms with van der Waals surface area (Å²) in [5.41, 5.74) is 0.589. The number of aliphatic hydroxyl groups excluding tert-OH is 1. The maximum atomic E-state index is 12.7. The van der Waals surface area contributed by atoms with E-state index in [1.165, 1.54) is 24.3 Å². The second kappa shape index (κ2) is 7.36. The number of benzene rings is 1. The third-order valence-corrected chi connectivity index (χ3v) is 3.46. The monoisotopic (exact) mass is 281 g/mol. The summed E-state index contributed by atoms with van der Waals surface area (Å²) in [5.74, 6) is -0.441. The van der Waals surface area contributed by atoms with Crippen molar-refractivity contribution in [2.45, 2.75) is 37.9 Å². The minimum atomic E-state index is -0.817. The summed E-state index contributed by atoms with van der Waals surface area (Å²) in [5, 5.41) is 12.6. The predicted octanol–water partition coefficient (Wildman–Crippen LogP) is 1.93. The molecule has 0 aliphatic carbocycles. The van der Waals surface area contributed by atoms with Crippen LogP contribution in [-0.2, 0) is 9.53 Å². The Labute approximate surface area is 117 Å². The number of amides is 1. The summed E-state index contributed by atoms with van der Waals surface area (Å²) in [4.78, 5) is 11.7. The largest absolute Gasteiger partial charge is 0.387 e. The highest BCUT2D eigenvalue weighted by Crippen LogP contribution is 2.17. The highest BCUT2D eigenvalue weighted by Gasteiger charge is 2.17. The van der Waals surface area contributed by atoms with Crippen LogP contribution in [0.25, 0.3) is 0 Å². The van der Waals surface area contributed by atoms with Crippen molar-refractivity contribution in [3.63, 3.8) is 0 Å². The smallest absolute Gasteiger partial charge is 0.220 e. The van der Waals surface area contributed by atoms with Gasteiger partial charge in [0.2, 0.25) is 5.91 Å². The molecule has 2 rings (SSSR count). The van der Waals surface area contributed by atoms with Crippen LogP contribution in [0.4, 0.5) is 4.39 Å². The lowest BCUT2D eigenvalue weighted by Gasteiger charge is -2.13. The zero-order valence-electron chi connectivity index (χ0n) is 11.3. The van der Waals surface area contributed by atoms with Crippen LogP contribution >= 0.6 is 0 Å². The number of ether oxygens (including phenoxy) is 1. The van der Waals surface area contributed by atoms with Crippen LogP contribution in [0.15, 0.2) is 24.3 Å². The van der Waals surface area contributed by atoms with Crippen LogP contribution < -0.4 is 5.32 Å². The Morgan fingerprint density at radius 3 is 2.85 bits per heavy atom. The number of nitrogens with one attached hydrogen (secondary N) is 1. The van der Waals surface area contributed by atoms with Gasteiger partial charge in [0.15, 0.2) is 0 Å². The fraction of sp³-hybridized carbons (Fsp3) is 0.533. The topological polar surface area (TPSA) is 58.6 Å². The summed E-state index contributed by atoms with van der Waals surface area (Å²) >= 11 is 0. The molecule has 2 N–H and O–H groups in total. The summed E-state index contributed by atoms with van der Waals surface area (Å²) in [6.07, 6.45) is 2.59. The van der Waals surface area contributed by atoms with Gasteiger partial charge in [0.25, 0.3) is 0 Å². The summed E-state index contributed by atoms with van der Waals surface area (Å²) in [6, 6.07) is 5.60. The first kappa shape index (κ1) is 14.9. The number of carbonyl (C=O) groups excluding carboxylic acids is 1. The van der Waals surface area contributed by atoms with Crippen molar-refractivity contribution < 1.29 is 19.0 Å². The molecule has 0 bridgehead atoms. The van der Waals surface area contributed by atoms with Crippen molar-refractivity contribution in [1.82, 2.24) is 5.32 Å². The molecule has 1 aliphatic heterocycles. The van der Waals surface area contributed by atoms with Crippen molar-refractivity contribution in [1.29, 1.82) is 0 Å². The van der Waals surface area contributed by atoms with Crippen molar-refractivity contribution >= 4 is 5.91 Å². The third-order valence-electron chi connectivity index (χ3n) is 3.46. The van der Waals surface area contributed by atoms with E-state index in [-0.39, 0.29) is 24.4 Å². The highest BCUT2D eigenvalue weighted by molar-refractivity contribution is 5.75. The van der Waals surface area contributed by atoms with E-state index in [0.29, 0.717) is 12.0 Å². The van der Waals surface area contributed by atoms with E-state index < -0.39 is 6.10 Å². The highest BCUT2D eigenvalue weighted by atomic mass is 19.1. The van der Waals surface area contributed by atoms with E-state index in [1.807, 2.05) is 0 Å². The molecule has 1 aromatic carbocycles. The molecule has 1 aliphatic rings. The second-order valence-electron chi connectivity index (χ2n) is 5.05. The molecule has 2 atom stereocenters. The molecular weight excluding hydrogens is 261 g/mol. The molecule has 1 aromatic rings. The van der Waals surface area contributed by atoms with Crippen molar-refractivity contribution in [3.8, 4) is 0 Å². The number of rotatable bonds is 6. The van der Waals surface area contributed by atoms with E-state index in [0.717, 1.165) is 25.9 Å². The van der Waals surface area contributed by atoms with E-state index in [2.05, 4.69) is 5.32 Å². The number of hydrogen-bond acceptors (Lipinski definition) is 3. The van der Waals surface area contributed by atoms with Gasteiger partial charge in [-0.25, -0.2) is 4.39 Å². The van der Waals surface area contributed by atoms with Gasteiger partial charge in [-0.05, 0) is 37.0 Å².